The van der Waals surface area contributed by atoms with Crippen LogP contribution < -0.4 is 5.32 Å². The third-order valence-corrected chi connectivity index (χ3v) is 2.08. The van der Waals surface area contributed by atoms with Gasteiger partial charge in [-0.05, 0) is 18.3 Å². The highest BCUT2D eigenvalue weighted by molar-refractivity contribution is 5.83. The van der Waals surface area contributed by atoms with Gasteiger partial charge in [0.25, 0.3) is 0 Å². The van der Waals surface area contributed by atoms with Gasteiger partial charge in [-0.15, -0.1) is 0 Å². The lowest BCUT2D eigenvalue weighted by molar-refractivity contribution is 0.368. The van der Waals surface area contributed by atoms with Gasteiger partial charge in [0.1, 0.15) is 0 Å². The summed E-state index contributed by atoms with van der Waals surface area (Å²) in [6.07, 6.45) is 3.68. The molecule has 2 nitrogen and oxygen atoms in total. The molecule has 0 atom stereocenters. The van der Waals surface area contributed by atoms with Crippen molar-refractivity contribution in [2.75, 3.05) is 13.1 Å². The van der Waals surface area contributed by atoms with Gasteiger partial charge in [-0.25, -0.2) is 0 Å². The molecule has 1 N–H and O–H groups in total. The molecule has 2 heteroatoms. The van der Waals surface area contributed by atoms with Gasteiger partial charge in [-0.2, -0.15) is 0 Å². The summed E-state index contributed by atoms with van der Waals surface area (Å²) in [5.74, 6) is 1.22. The zero-order chi connectivity index (χ0) is 9.03. The molecule has 1 heterocycles. The van der Waals surface area contributed by atoms with Crippen molar-refractivity contribution in [3.63, 3.8) is 0 Å². The van der Waals surface area contributed by atoms with Crippen LogP contribution in [0.25, 0.3) is 0 Å². The van der Waals surface area contributed by atoms with Crippen LogP contribution in [0.2, 0.25) is 0 Å². The largest absolute Gasteiger partial charge is 0.372 e. The van der Waals surface area contributed by atoms with Gasteiger partial charge in [-0.3, -0.25) is 4.99 Å². The smallest absolute Gasteiger partial charge is 0.0964 e. The summed E-state index contributed by atoms with van der Waals surface area (Å²) < 4.78 is 0. The second kappa shape index (κ2) is 3.92. The second-order valence-corrected chi connectivity index (χ2v) is 4.67. The Balaban J connectivity index is 2.10. The molecule has 0 spiro atoms. The fraction of sp³-hybridized carbons (Fsp3) is 0.900. The molecule has 0 fully saturated rings. The first kappa shape index (κ1) is 9.56. The average molecular weight is 168 g/mol. The van der Waals surface area contributed by atoms with E-state index in [1.807, 2.05) is 0 Å². The summed E-state index contributed by atoms with van der Waals surface area (Å²) in [6, 6.07) is 0. The third-order valence-electron chi connectivity index (χ3n) is 2.08. The average Bonchev–Trinajstić information content (AvgIpc) is 2.36. The molecule has 0 aromatic carbocycles. The molecule has 1 aliphatic heterocycles. The van der Waals surface area contributed by atoms with Crippen molar-refractivity contribution in [1.29, 1.82) is 0 Å². The Hall–Kier alpha value is -0.530. The van der Waals surface area contributed by atoms with E-state index in [-0.39, 0.29) is 0 Å². The minimum Gasteiger partial charge on any atom is -0.372 e. The molecule has 0 radical (unpaired) electrons. The summed E-state index contributed by atoms with van der Waals surface area (Å²) >= 11 is 0. The van der Waals surface area contributed by atoms with E-state index in [0.717, 1.165) is 19.5 Å². The van der Waals surface area contributed by atoms with Crippen LogP contribution in [0.15, 0.2) is 4.99 Å². The van der Waals surface area contributed by atoms with Crippen molar-refractivity contribution >= 4 is 5.84 Å². The Labute approximate surface area is 75.5 Å². The molecule has 12 heavy (non-hydrogen) atoms. The zero-order valence-corrected chi connectivity index (χ0v) is 8.48. The first-order valence-corrected chi connectivity index (χ1v) is 4.85. The predicted octanol–water partition coefficient (Wildman–Crippen LogP) is 2.20. The lowest BCUT2D eigenvalue weighted by atomic mass is 9.90. The van der Waals surface area contributed by atoms with Gasteiger partial charge in [0, 0.05) is 13.0 Å². The van der Waals surface area contributed by atoms with E-state index in [0.29, 0.717) is 5.41 Å². The van der Waals surface area contributed by atoms with Crippen molar-refractivity contribution in [3.8, 4) is 0 Å². The molecular weight excluding hydrogens is 148 g/mol. The number of hydrogen-bond donors (Lipinski definition) is 1. The minimum atomic E-state index is 0.471. The minimum absolute atomic E-state index is 0.471. The summed E-state index contributed by atoms with van der Waals surface area (Å²) in [5, 5.41) is 3.29. The van der Waals surface area contributed by atoms with Crippen LogP contribution in [-0.2, 0) is 0 Å². The second-order valence-electron chi connectivity index (χ2n) is 4.67. The molecule has 0 unspecified atom stereocenters. The Bertz CT molecular complexity index is 165. The highest BCUT2D eigenvalue weighted by atomic mass is 15.1. The first-order valence-electron chi connectivity index (χ1n) is 4.85. The van der Waals surface area contributed by atoms with E-state index in [1.54, 1.807) is 0 Å². The third kappa shape index (κ3) is 3.74. The molecule has 1 rings (SSSR count). The van der Waals surface area contributed by atoms with Gasteiger partial charge < -0.3 is 5.32 Å². The number of rotatable bonds is 3. The molecular formula is C10H20N2. The van der Waals surface area contributed by atoms with Crippen LogP contribution in [0.1, 0.15) is 40.0 Å². The SMILES string of the molecule is CC(C)(C)CCCC1=NCCN1. The van der Waals surface area contributed by atoms with E-state index < -0.39 is 0 Å². The normalized spacial score (nSPS) is 17.4. The molecule has 0 saturated carbocycles. The standard InChI is InChI=1S/C10H20N2/c1-10(2,3)6-4-5-9-11-7-8-12-9/h4-8H2,1-3H3,(H,11,12). The molecule has 0 bridgehead atoms. The van der Waals surface area contributed by atoms with Crippen LogP contribution in [0.4, 0.5) is 0 Å². The lowest BCUT2D eigenvalue weighted by Crippen LogP contribution is -2.18. The van der Waals surface area contributed by atoms with Crippen molar-refractivity contribution in [1.82, 2.24) is 5.32 Å². The van der Waals surface area contributed by atoms with E-state index in [2.05, 4.69) is 31.1 Å². The first-order chi connectivity index (χ1) is 5.58. The fourth-order valence-corrected chi connectivity index (χ4v) is 1.40. The van der Waals surface area contributed by atoms with Crippen molar-refractivity contribution < 1.29 is 0 Å². The molecule has 0 saturated heterocycles. The molecule has 0 aromatic rings. The van der Waals surface area contributed by atoms with Gasteiger partial charge >= 0.3 is 0 Å². The molecule has 0 aromatic heterocycles. The van der Waals surface area contributed by atoms with Crippen LogP contribution in [0.5, 0.6) is 0 Å². The number of nitrogens with one attached hydrogen (secondary N) is 1. The van der Waals surface area contributed by atoms with Crippen molar-refractivity contribution in [2.45, 2.75) is 40.0 Å². The quantitative estimate of drug-likeness (QED) is 0.686. The van der Waals surface area contributed by atoms with E-state index in [1.165, 1.54) is 18.7 Å². The maximum atomic E-state index is 4.36. The van der Waals surface area contributed by atoms with Gasteiger partial charge in [-0.1, -0.05) is 20.8 Å². The highest BCUT2D eigenvalue weighted by Crippen LogP contribution is 2.21. The zero-order valence-electron chi connectivity index (χ0n) is 8.48. The molecule has 0 amide bonds. The molecule has 0 aliphatic carbocycles. The topological polar surface area (TPSA) is 24.4 Å². The number of aliphatic imine (C=N–C) groups is 1. The van der Waals surface area contributed by atoms with Gasteiger partial charge in [0.15, 0.2) is 0 Å². The Morgan fingerprint density at radius 3 is 2.67 bits per heavy atom. The highest BCUT2D eigenvalue weighted by Gasteiger charge is 2.11. The summed E-state index contributed by atoms with van der Waals surface area (Å²) in [5.41, 5.74) is 0.471. The maximum absolute atomic E-state index is 4.36. The van der Waals surface area contributed by atoms with E-state index >= 15 is 0 Å². The van der Waals surface area contributed by atoms with Crippen molar-refractivity contribution in [2.24, 2.45) is 10.4 Å². The number of nitrogens with zero attached hydrogens (tertiary/aromatic N) is 1. The van der Waals surface area contributed by atoms with Crippen LogP contribution in [-0.4, -0.2) is 18.9 Å². The number of amidine groups is 1. The lowest BCUT2D eigenvalue weighted by Gasteiger charge is -2.17. The van der Waals surface area contributed by atoms with Gasteiger partial charge in [0.05, 0.1) is 12.4 Å². The fourth-order valence-electron chi connectivity index (χ4n) is 1.40. The summed E-state index contributed by atoms with van der Waals surface area (Å²) in [6.45, 7) is 8.89. The van der Waals surface area contributed by atoms with Crippen LogP contribution >= 0.6 is 0 Å². The van der Waals surface area contributed by atoms with Crippen LogP contribution in [0.3, 0.4) is 0 Å². The number of hydrogen-bond acceptors (Lipinski definition) is 2. The summed E-state index contributed by atoms with van der Waals surface area (Å²) in [4.78, 5) is 4.36. The van der Waals surface area contributed by atoms with Crippen LogP contribution in [0, 0.1) is 5.41 Å². The molecule has 1 aliphatic rings. The Morgan fingerprint density at radius 2 is 2.17 bits per heavy atom. The monoisotopic (exact) mass is 168 g/mol. The van der Waals surface area contributed by atoms with E-state index in [4.69, 9.17) is 0 Å². The Kier molecular flexibility index (Phi) is 3.12. The van der Waals surface area contributed by atoms with Gasteiger partial charge in [0.2, 0.25) is 0 Å². The van der Waals surface area contributed by atoms with Crippen molar-refractivity contribution in [3.05, 3.63) is 0 Å². The maximum Gasteiger partial charge on any atom is 0.0964 e. The molecule has 70 valence electrons. The summed E-state index contributed by atoms with van der Waals surface area (Å²) in [7, 11) is 0. The Morgan fingerprint density at radius 1 is 1.42 bits per heavy atom. The van der Waals surface area contributed by atoms with E-state index in [9.17, 15) is 0 Å². The predicted molar refractivity (Wildman–Crippen MR) is 53.6 cm³/mol.